The SMILES string of the molecule is N.N.O.O=C([O-])[C@@H]([O-])c1ccccc1[N+](=O)[O-].[Pt+4]. The van der Waals surface area contributed by atoms with Crippen molar-refractivity contribution in [3.05, 3.63) is 39.9 Å². The summed E-state index contributed by atoms with van der Waals surface area (Å²) in [5.74, 6) is -1.88. The number of aliphatic carboxylic acids is 1. The van der Waals surface area contributed by atoms with Gasteiger partial charge in [-0.3, -0.25) is 10.1 Å². The van der Waals surface area contributed by atoms with Crippen LogP contribution in [0.2, 0.25) is 0 Å². The molecule has 1 rings (SSSR count). The Morgan fingerprint density at radius 2 is 1.67 bits per heavy atom. The normalized spacial score (nSPS) is 9.39. The predicted octanol–water partition coefficient (Wildman–Crippen LogP) is -1.76. The molecule has 1 atom stereocenters. The predicted molar refractivity (Wildman–Crippen MR) is 54.5 cm³/mol. The maximum Gasteiger partial charge on any atom is 4.00 e. The number of carboxylic acids is 1. The minimum Gasteiger partial charge on any atom is -0.844 e. The van der Waals surface area contributed by atoms with E-state index in [0.29, 0.717) is 0 Å². The van der Waals surface area contributed by atoms with Gasteiger partial charge in [-0.2, -0.15) is 0 Å². The number of benzene rings is 1. The third kappa shape index (κ3) is 5.80. The number of hydrogen-bond acceptors (Lipinski definition) is 7. The molecule has 0 bridgehead atoms. The molecule has 18 heavy (non-hydrogen) atoms. The zero-order valence-corrected chi connectivity index (χ0v) is 11.4. The van der Waals surface area contributed by atoms with Crippen molar-refractivity contribution in [3.63, 3.8) is 0 Å². The smallest absolute Gasteiger partial charge is 0.844 e. The minimum absolute atomic E-state index is 0. The molecule has 0 fully saturated rings. The molecule has 0 aromatic heterocycles. The molecular weight excluding hydrogens is 429 g/mol. The van der Waals surface area contributed by atoms with Crippen LogP contribution in [-0.4, -0.2) is 16.4 Å². The van der Waals surface area contributed by atoms with E-state index in [-0.39, 0.29) is 38.8 Å². The van der Waals surface area contributed by atoms with Crippen molar-refractivity contribution in [2.24, 2.45) is 0 Å². The van der Waals surface area contributed by atoms with Gasteiger partial charge in [0.1, 0.15) is 0 Å². The number of para-hydroxylation sites is 1. The van der Waals surface area contributed by atoms with Gasteiger partial charge in [0.2, 0.25) is 0 Å². The summed E-state index contributed by atoms with van der Waals surface area (Å²) >= 11 is 0. The molecule has 0 spiro atoms. The van der Waals surface area contributed by atoms with Gasteiger partial charge in [0, 0.05) is 17.6 Å². The molecule has 9 nitrogen and oxygen atoms in total. The fourth-order valence-electron chi connectivity index (χ4n) is 1.00. The monoisotopic (exact) mass is 442 g/mol. The van der Waals surface area contributed by atoms with E-state index < -0.39 is 28.2 Å². The molecule has 0 heterocycles. The van der Waals surface area contributed by atoms with E-state index >= 15 is 0 Å². The number of hydrogen-bond donors (Lipinski definition) is 2. The van der Waals surface area contributed by atoms with Crippen LogP contribution in [0.15, 0.2) is 24.3 Å². The van der Waals surface area contributed by atoms with E-state index in [9.17, 15) is 25.1 Å². The number of carboxylic acid groups (broad SMARTS) is 1. The average molecular weight is 442 g/mol. The van der Waals surface area contributed by atoms with Crippen LogP contribution < -0.4 is 22.5 Å². The molecular formula is C8H13N3O6Pt+2. The summed E-state index contributed by atoms with van der Waals surface area (Å²) < 4.78 is 0. The Hall–Kier alpha value is -1.38. The Kier molecular flexibility index (Phi) is 15.2. The van der Waals surface area contributed by atoms with Crippen molar-refractivity contribution in [2.45, 2.75) is 6.10 Å². The van der Waals surface area contributed by atoms with Crippen LogP contribution in [0, 0.1) is 10.1 Å². The summed E-state index contributed by atoms with van der Waals surface area (Å²) in [5, 5.41) is 31.6. The fourth-order valence-corrected chi connectivity index (χ4v) is 1.00. The largest absolute Gasteiger partial charge is 4.00 e. The molecule has 1 aromatic rings. The van der Waals surface area contributed by atoms with Crippen molar-refractivity contribution in [3.8, 4) is 0 Å². The second-order valence-corrected chi connectivity index (χ2v) is 2.52. The third-order valence-corrected chi connectivity index (χ3v) is 1.63. The van der Waals surface area contributed by atoms with Gasteiger partial charge in [-0.1, -0.05) is 24.3 Å². The van der Waals surface area contributed by atoms with Crippen molar-refractivity contribution in [1.82, 2.24) is 12.3 Å². The molecule has 0 aliphatic rings. The van der Waals surface area contributed by atoms with Crippen LogP contribution in [0.25, 0.3) is 0 Å². The van der Waals surface area contributed by atoms with Crippen molar-refractivity contribution < 1.29 is 46.5 Å². The van der Waals surface area contributed by atoms with E-state index in [1.807, 2.05) is 0 Å². The Morgan fingerprint density at radius 3 is 2.06 bits per heavy atom. The van der Waals surface area contributed by atoms with E-state index in [1.165, 1.54) is 12.1 Å². The second kappa shape index (κ2) is 10.8. The second-order valence-electron chi connectivity index (χ2n) is 2.52. The quantitative estimate of drug-likeness (QED) is 0.407. The van der Waals surface area contributed by atoms with Gasteiger partial charge in [0.05, 0.1) is 4.92 Å². The Morgan fingerprint density at radius 1 is 1.22 bits per heavy atom. The van der Waals surface area contributed by atoms with Crippen LogP contribution in [-0.2, 0) is 25.9 Å². The summed E-state index contributed by atoms with van der Waals surface area (Å²) in [6, 6.07) is 4.88. The molecule has 10 heteroatoms. The first-order chi connectivity index (χ1) is 6.54. The number of rotatable bonds is 3. The summed E-state index contributed by atoms with van der Waals surface area (Å²) in [7, 11) is 0. The van der Waals surface area contributed by atoms with Gasteiger partial charge in [0.15, 0.2) is 0 Å². The summed E-state index contributed by atoms with van der Waals surface area (Å²) in [4.78, 5) is 19.8. The first-order valence-corrected chi connectivity index (χ1v) is 3.64. The third-order valence-electron chi connectivity index (χ3n) is 1.63. The zero-order valence-electron chi connectivity index (χ0n) is 9.11. The minimum atomic E-state index is -2.23. The maximum atomic E-state index is 11.0. The molecule has 0 radical (unpaired) electrons. The molecule has 0 unspecified atom stereocenters. The van der Waals surface area contributed by atoms with Crippen LogP contribution in [0.3, 0.4) is 0 Å². The van der Waals surface area contributed by atoms with E-state index in [0.717, 1.165) is 12.1 Å². The Balaban J connectivity index is -0.000000245. The number of carbonyl (C=O) groups excluding carboxylic acids is 1. The molecule has 0 aliphatic carbocycles. The molecule has 0 saturated carbocycles. The Bertz CT molecular complexity index is 389. The van der Waals surface area contributed by atoms with Crippen LogP contribution in [0.5, 0.6) is 0 Å². The molecule has 8 N–H and O–H groups in total. The van der Waals surface area contributed by atoms with Gasteiger partial charge in [-0.15, -0.1) is 0 Å². The van der Waals surface area contributed by atoms with E-state index in [2.05, 4.69) is 0 Å². The molecule has 104 valence electrons. The van der Waals surface area contributed by atoms with Gasteiger partial charge in [0.25, 0.3) is 5.69 Å². The first kappa shape index (κ1) is 25.5. The zero-order chi connectivity index (χ0) is 10.7. The molecule has 1 aromatic carbocycles. The number of carbonyl (C=O) groups is 1. The van der Waals surface area contributed by atoms with Crippen LogP contribution in [0.4, 0.5) is 5.69 Å². The maximum absolute atomic E-state index is 11.0. The number of nitrogens with zero attached hydrogens (tertiary/aromatic N) is 1. The van der Waals surface area contributed by atoms with Gasteiger partial charge >= 0.3 is 21.1 Å². The molecule has 0 aliphatic heterocycles. The standard InChI is InChI=1S/C8H6NO5.2H3N.H2O.Pt/c10-7(8(11)12)5-3-1-2-4-6(5)9(13)14;;;;/h1-4,7H,(H,11,12);2*1H3;1H2;/q-1;;;;+4/p-1/t7-;;;;/m0..../s1. The van der Waals surface area contributed by atoms with Crippen molar-refractivity contribution in [1.29, 1.82) is 0 Å². The number of nitro benzene ring substituents is 1. The van der Waals surface area contributed by atoms with Crippen LogP contribution in [0.1, 0.15) is 11.7 Å². The van der Waals surface area contributed by atoms with Gasteiger partial charge in [-0.25, -0.2) is 0 Å². The Labute approximate surface area is 117 Å². The molecule has 0 amide bonds. The van der Waals surface area contributed by atoms with Gasteiger partial charge in [-0.05, 0) is 0 Å². The number of nitro groups is 1. The van der Waals surface area contributed by atoms with Crippen LogP contribution >= 0.6 is 0 Å². The van der Waals surface area contributed by atoms with E-state index in [4.69, 9.17) is 0 Å². The summed E-state index contributed by atoms with van der Waals surface area (Å²) in [5.41, 5.74) is -0.894. The van der Waals surface area contributed by atoms with Crippen molar-refractivity contribution in [2.75, 3.05) is 0 Å². The van der Waals surface area contributed by atoms with E-state index in [1.54, 1.807) is 0 Å². The first-order valence-electron chi connectivity index (χ1n) is 3.64. The summed E-state index contributed by atoms with van der Waals surface area (Å²) in [6.07, 6.45) is -2.23. The van der Waals surface area contributed by atoms with Crippen molar-refractivity contribution >= 4 is 11.7 Å². The summed E-state index contributed by atoms with van der Waals surface area (Å²) in [6.45, 7) is 0. The van der Waals surface area contributed by atoms with Gasteiger partial charge < -0.3 is 32.8 Å². The topological polar surface area (TPSA) is 208 Å². The average Bonchev–Trinajstić information content (AvgIpc) is 2.16. The molecule has 0 saturated heterocycles. The fraction of sp³-hybridized carbons (Fsp3) is 0.125.